The summed E-state index contributed by atoms with van der Waals surface area (Å²) in [5.74, 6) is 0.0425. The highest BCUT2D eigenvalue weighted by Gasteiger charge is 2.39. The van der Waals surface area contributed by atoms with E-state index in [1.165, 1.54) is 0 Å². The number of rotatable bonds is 7. The molecule has 0 aromatic carbocycles. The van der Waals surface area contributed by atoms with Crippen molar-refractivity contribution in [2.24, 2.45) is 0 Å². The Kier molecular flexibility index (Phi) is 6.22. The molecule has 0 unspecified atom stereocenters. The van der Waals surface area contributed by atoms with Crippen molar-refractivity contribution in [3.8, 4) is 0 Å². The van der Waals surface area contributed by atoms with Gasteiger partial charge in [0, 0.05) is 13.0 Å². The van der Waals surface area contributed by atoms with Gasteiger partial charge in [-0.1, -0.05) is 20.8 Å². The summed E-state index contributed by atoms with van der Waals surface area (Å²) in [7, 11) is -5.32. The van der Waals surface area contributed by atoms with Crippen LogP contribution in [0.2, 0.25) is 18.1 Å². The van der Waals surface area contributed by atoms with Crippen LogP contribution in [0.1, 0.15) is 33.6 Å². The molecule has 1 amide bonds. The second-order valence-corrected chi connectivity index (χ2v) is 13.8. The first-order chi connectivity index (χ1) is 9.83. The van der Waals surface area contributed by atoms with E-state index in [-0.39, 0.29) is 30.1 Å². The van der Waals surface area contributed by atoms with Crippen molar-refractivity contribution >= 4 is 24.3 Å². The van der Waals surface area contributed by atoms with Crippen molar-refractivity contribution in [3.05, 3.63) is 0 Å². The van der Waals surface area contributed by atoms with Crippen molar-refractivity contribution in [2.75, 3.05) is 26.0 Å². The summed E-state index contributed by atoms with van der Waals surface area (Å²) in [5.41, 5.74) is 0. The Morgan fingerprint density at radius 3 is 2.41 bits per heavy atom. The molecule has 1 rings (SSSR count). The summed E-state index contributed by atoms with van der Waals surface area (Å²) in [6, 6.07) is 0.0183. The molecule has 130 valence electrons. The Morgan fingerprint density at radius 2 is 1.91 bits per heavy atom. The lowest BCUT2D eigenvalue weighted by Gasteiger charge is -2.38. The number of nitrogens with zero attached hydrogens (tertiary/aromatic N) is 1. The molecule has 1 heterocycles. The third-order valence-electron chi connectivity index (χ3n) is 4.52. The van der Waals surface area contributed by atoms with Gasteiger partial charge in [-0.25, -0.2) is 0 Å². The van der Waals surface area contributed by atoms with Gasteiger partial charge in [0.15, 0.2) is 8.32 Å². The van der Waals surface area contributed by atoms with Crippen molar-refractivity contribution < 1.29 is 21.8 Å². The molecule has 0 bridgehead atoms. The summed E-state index contributed by atoms with van der Waals surface area (Å²) in [4.78, 5) is 13.6. The number of hydrogen-bond acceptors (Lipinski definition) is 5. The number of likely N-dealkylation sites (tertiary alicyclic amines) is 1. The molecule has 1 aliphatic rings. The van der Waals surface area contributed by atoms with Gasteiger partial charge in [0.2, 0.25) is 5.91 Å². The van der Waals surface area contributed by atoms with Crippen LogP contribution in [-0.2, 0) is 23.5 Å². The van der Waals surface area contributed by atoms with Crippen molar-refractivity contribution in [1.82, 2.24) is 4.90 Å². The number of carbonyl (C=O) groups is 1. The maximum atomic E-state index is 11.9. The second-order valence-electron chi connectivity index (χ2n) is 7.38. The standard InChI is InChI=1S/C14H29NO5SSi/c1-14(2,3)22(5,6)20-11-12-7-8-13(16)15(12)9-10-19-21(4,17)18/h12H,7-11H2,1-6H3/t12-/m1/s1. The molecule has 8 heteroatoms. The maximum Gasteiger partial charge on any atom is 0.264 e. The van der Waals surface area contributed by atoms with E-state index in [1.807, 2.05) is 0 Å². The normalized spacial score (nSPS) is 20.7. The lowest BCUT2D eigenvalue weighted by atomic mass is 10.2. The third kappa shape index (κ3) is 5.64. The van der Waals surface area contributed by atoms with Crippen LogP contribution in [0.3, 0.4) is 0 Å². The number of amides is 1. The minimum Gasteiger partial charge on any atom is -0.415 e. The van der Waals surface area contributed by atoms with E-state index in [0.29, 0.717) is 13.0 Å². The number of carbonyl (C=O) groups excluding carboxylic acids is 1. The highest BCUT2D eigenvalue weighted by atomic mass is 32.2. The van der Waals surface area contributed by atoms with Gasteiger partial charge < -0.3 is 9.33 Å². The van der Waals surface area contributed by atoms with Crippen LogP contribution in [0, 0.1) is 0 Å². The fourth-order valence-electron chi connectivity index (χ4n) is 2.08. The molecule has 0 radical (unpaired) electrons. The van der Waals surface area contributed by atoms with Gasteiger partial charge in [-0.15, -0.1) is 0 Å². The zero-order valence-corrected chi connectivity index (χ0v) is 16.3. The Hall–Kier alpha value is -0.443. The predicted molar refractivity (Wildman–Crippen MR) is 88.7 cm³/mol. The SMILES string of the molecule is CC(C)(C)[Si](C)(C)OC[C@H]1CCC(=O)N1CCOS(C)(=O)=O. The zero-order valence-electron chi connectivity index (χ0n) is 14.5. The van der Waals surface area contributed by atoms with Crippen LogP contribution in [0.15, 0.2) is 0 Å². The van der Waals surface area contributed by atoms with Gasteiger partial charge in [0.1, 0.15) is 0 Å². The summed E-state index contributed by atoms with van der Waals surface area (Å²) >= 11 is 0. The lowest BCUT2D eigenvalue weighted by Crippen LogP contribution is -2.46. The largest absolute Gasteiger partial charge is 0.415 e. The first-order valence-corrected chi connectivity index (χ1v) is 12.3. The first kappa shape index (κ1) is 19.6. The Balaban J connectivity index is 2.56. The van der Waals surface area contributed by atoms with Gasteiger partial charge in [-0.3, -0.25) is 8.98 Å². The zero-order chi connectivity index (χ0) is 17.2. The van der Waals surface area contributed by atoms with E-state index in [1.54, 1.807) is 4.90 Å². The highest BCUT2D eigenvalue weighted by Crippen LogP contribution is 2.37. The summed E-state index contributed by atoms with van der Waals surface area (Å²) in [5, 5.41) is 0.125. The van der Waals surface area contributed by atoms with Crippen LogP contribution >= 0.6 is 0 Å². The molecule has 6 nitrogen and oxygen atoms in total. The average molecular weight is 352 g/mol. The van der Waals surface area contributed by atoms with E-state index in [2.05, 4.69) is 33.9 Å². The van der Waals surface area contributed by atoms with Gasteiger partial charge in [-0.05, 0) is 24.6 Å². The summed E-state index contributed by atoms with van der Waals surface area (Å²) in [6.07, 6.45) is 2.26. The van der Waals surface area contributed by atoms with E-state index in [0.717, 1.165) is 12.7 Å². The minimum absolute atomic E-state index is 0.00116. The average Bonchev–Trinajstić information content (AvgIpc) is 2.65. The van der Waals surface area contributed by atoms with E-state index >= 15 is 0 Å². The summed E-state index contributed by atoms with van der Waals surface area (Å²) < 4.78 is 32.9. The molecule has 1 fully saturated rings. The minimum atomic E-state index is -3.47. The molecule has 0 spiro atoms. The summed E-state index contributed by atoms with van der Waals surface area (Å²) in [6.45, 7) is 11.7. The molecule has 22 heavy (non-hydrogen) atoms. The molecule has 0 aromatic rings. The van der Waals surface area contributed by atoms with Crippen LogP contribution in [0.5, 0.6) is 0 Å². The van der Waals surface area contributed by atoms with E-state index < -0.39 is 18.4 Å². The molecule has 0 aromatic heterocycles. The molecule has 1 atom stereocenters. The van der Waals surface area contributed by atoms with Gasteiger partial charge in [-0.2, -0.15) is 8.42 Å². The highest BCUT2D eigenvalue weighted by molar-refractivity contribution is 7.85. The molecular weight excluding hydrogens is 322 g/mol. The lowest BCUT2D eigenvalue weighted by molar-refractivity contribution is -0.129. The van der Waals surface area contributed by atoms with Crippen molar-refractivity contribution in [3.63, 3.8) is 0 Å². The van der Waals surface area contributed by atoms with Gasteiger partial charge in [0.05, 0.1) is 25.5 Å². The van der Waals surface area contributed by atoms with Crippen LogP contribution in [-0.4, -0.2) is 59.6 Å². The quantitative estimate of drug-likeness (QED) is 0.518. The third-order valence-corrected chi connectivity index (χ3v) is 9.62. The van der Waals surface area contributed by atoms with Crippen molar-refractivity contribution in [1.29, 1.82) is 0 Å². The molecule has 1 aliphatic heterocycles. The second kappa shape index (κ2) is 6.98. The van der Waals surface area contributed by atoms with Gasteiger partial charge in [0.25, 0.3) is 10.1 Å². The number of hydrogen-bond donors (Lipinski definition) is 0. The Bertz CT molecular complexity index is 498. The predicted octanol–water partition coefficient (Wildman–Crippen LogP) is 1.98. The topological polar surface area (TPSA) is 72.9 Å². The fourth-order valence-corrected chi connectivity index (χ4v) is 3.50. The molecule has 1 saturated heterocycles. The Labute approximate surface area is 135 Å². The van der Waals surface area contributed by atoms with Crippen molar-refractivity contribution in [2.45, 2.75) is 57.8 Å². The van der Waals surface area contributed by atoms with Crippen LogP contribution in [0.4, 0.5) is 0 Å². The van der Waals surface area contributed by atoms with E-state index in [4.69, 9.17) is 8.61 Å². The fraction of sp³-hybridized carbons (Fsp3) is 0.929. The van der Waals surface area contributed by atoms with Crippen LogP contribution in [0.25, 0.3) is 0 Å². The molecular formula is C14H29NO5SSi. The molecule has 0 aliphatic carbocycles. The van der Waals surface area contributed by atoms with Crippen LogP contribution < -0.4 is 0 Å². The Morgan fingerprint density at radius 1 is 1.32 bits per heavy atom. The first-order valence-electron chi connectivity index (χ1n) is 7.61. The monoisotopic (exact) mass is 351 g/mol. The molecule has 0 saturated carbocycles. The maximum absolute atomic E-state index is 11.9. The van der Waals surface area contributed by atoms with Gasteiger partial charge >= 0.3 is 0 Å². The molecule has 0 N–H and O–H groups in total. The van der Waals surface area contributed by atoms with E-state index in [9.17, 15) is 13.2 Å². The smallest absolute Gasteiger partial charge is 0.264 e.